The fourth-order valence-corrected chi connectivity index (χ4v) is 1.55. The number of rotatable bonds is 9. The van der Waals surface area contributed by atoms with Gasteiger partial charge in [-0.15, -0.1) is 0 Å². The first-order valence-electron chi connectivity index (χ1n) is 6.99. The van der Waals surface area contributed by atoms with Crippen molar-refractivity contribution < 1.29 is 9.53 Å². The SMILES string of the molecule is C=C(C)COc1cccc(NCC(=O)NCCCC)c1. The maximum absolute atomic E-state index is 11.6. The van der Waals surface area contributed by atoms with Gasteiger partial charge in [-0.25, -0.2) is 0 Å². The van der Waals surface area contributed by atoms with Crippen LogP contribution < -0.4 is 15.4 Å². The van der Waals surface area contributed by atoms with E-state index in [1.165, 1.54) is 0 Å². The number of unbranched alkanes of at least 4 members (excludes halogenated alkanes) is 1. The molecule has 4 heteroatoms. The van der Waals surface area contributed by atoms with E-state index in [9.17, 15) is 4.79 Å². The van der Waals surface area contributed by atoms with E-state index in [4.69, 9.17) is 4.74 Å². The lowest BCUT2D eigenvalue weighted by Crippen LogP contribution is -2.30. The fraction of sp³-hybridized carbons (Fsp3) is 0.438. The van der Waals surface area contributed by atoms with Crippen molar-refractivity contribution in [2.75, 3.05) is 25.0 Å². The molecule has 4 nitrogen and oxygen atoms in total. The number of benzene rings is 1. The summed E-state index contributed by atoms with van der Waals surface area (Å²) in [6.07, 6.45) is 2.09. The molecule has 20 heavy (non-hydrogen) atoms. The van der Waals surface area contributed by atoms with Crippen molar-refractivity contribution in [3.63, 3.8) is 0 Å². The zero-order valence-corrected chi connectivity index (χ0v) is 12.4. The van der Waals surface area contributed by atoms with Gasteiger partial charge in [0.05, 0.1) is 6.54 Å². The monoisotopic (exact) mass is 276 g/mol. The second-order valence-electron chi connectivity index (χ2n) is 4.83. The molecule has 0 aliphatic carbocycles. The van der Waals surface area contributed by atoms with Crippen LogP contribution in [0, 0.1) is 0 Å². The van der Waals surface area contributed by atoms with Gasteiger partial charge in [0.25, 0.3) is 0 Å². The Bertz CT molecular complexity index is 444. The van der Waals surface area contributed by atoms with Gasteiger partial charge in [0.2, 0.25) is 5.91 Å². The average molecular weight is 276 g/mol. The van der Waals surface area contributed by atoms with Gasteiger partial charge in [-0.3, -0.25) is 4.79 Å². The predicted molar refractivity (Wildman–Crippen MR) is 83.2 cm³/mol. The lowest BCUT2D eigenvalue weighted by molar-refractivity contribution is -0.119. The number of carbonyl (C=O) groups is 1. The topological polar surface area (TPSA) is 50.4 Å². The standard InChI is InChI=1S/C16H24N2O2/c1-4-5-9-17-16(19)11-18-14-7-6-8-15(10-14)20-12-13(2)3/h6-8,10,18H,2,4-5,9,11-12H2,1,3H3,(H,17,19). The molecule has 0 atom stereocenters. The summed E-state index contributed by atoms with van der Waals surface area (Å²) in [7, 11) is 0. The Labute approximate surface area is 121 Å². The molecule has 0 aliphatic rings. The highest BCUT2D eigenvalue weighted by Gasteiger charge is 2.01. The first-order valence-corrected chi connectivity index (χ1v) is 6.99. The highest BCUT2D eigenvalue weighted by atomic mass is 16.5. The van der Waals surface area contributed by atoms with Gasteiger partial charge in [0, 0.05) is 18.3 Å². The van der Waals surface area contributed by atoms with Crippen LogP contribution in [0.3, 0.4) is 0 Å². The van der Waals surface area contributed by atoms with E-state index in [0.29, 0.717) is 6.61 Å². The van der Waals surface area contributed by atoms with Gasteiger partial charge in [0.15, 0.2) is 0 Å². The number of nitrogens with one attached hydrogen (secondary N) is 2. The number of carbonyl (C=O) groups excluding carboxylic acids is 1. The largest absolute Gasteiger partial charge is 0.489 e. The van der Waals surface area contributed by atoms with Crippen molar-refractivity contribution in [1.82, 2.24) is 5.32 Å². The molecule has 0 bridgehead atoms. The van der Waals surface area contributed by atoms with Crippen molar-refractivity contribution >= 4 is 11.6 Å². The summed E-state index contributed by atoms with van der Waals surface area (Å²) in [5.41, 5.74) is 1.84. The van der Waals surface area contributed by atoms with Crippen LogP contribution in [-0.2, 0) is 4.79 Å². The lowest BCUT2D eigenvalue weighted by Gasteiger charge is -2.10. The van der Waals surface area contributed by atoms with E-state index >= 15 is 0 Å². The second-order valence-corrected chi connectivity index (χ2v) is 4.83. The van der Waals surface area contributed by atoms with E-state index in [0.717, 1.165) is 36.4 Å². The quantitative estimate of drug-likeness (QED) is 0.538. The Morgan fingerprint density at radius 3 is 2.90 bits per heavy atom. The Hall–Kier alpha value is -1.97. The molecule has 0 spiro atoms. The lowest BCUT2D eigenvalue weighted by atomic mass is 10.3. The second kappa shape index (κ2) is 9.02. The molecule has 0 saturated carbocycles. The predicted octanol–water partition coefficient (Wildman–Crippen LogP) is 2.97. The molecule has 2 N–H and O–H groups in total. The summed E-state index contributed by atoms with van der Waals surface area (Å²) in [6, 6.07) is 7.57. The van der Waals surface area contributed by atoms with Gasteiger partial charge < -0.3 is 15.4 Å². The summed E-state index contributed by atoms with van der Waals surface area (Å²) in [6.45, 7) is 9.32. The summed E-state index contributed by atoms with van der Waals surface area (Å²) in [5.74, 6) is 0.774. The molecule has 0 radical (unpaired) electrons. The van der Waals surface area contributed by atoms with Crippen LogP contribution in [0.1, 0.15) is 26.7 Å². The Balaban J connectivity index is 2.38. The summed E-state index contributed by atoms with van der Waals surface area (Å²) < 4.78 is 5.55. The highest BCUT2D eigenvalue weighted by molar-refractivity contribution is 5.80. The molecule has 110 valence electrons. The van der Waals surface area contributed by atoms with Gasteiger partial charge in [-0.2, -0.15) is 0 Å². The van der Waals surface area contributed by atoms with E-state index in [1.807, 2.05) is 31.2 Å². The number of ether oxygens (including phenoxy) is 1. The van der Waals surface area contributed by atoms with Gasteiger partial charge in [0.1, 0.15) is 12.4 Å². The first kappa shape index (κ1) is 16.1. The Kier molecular flexibility index (Phi) is 7.25. The van der Waals surface area contributed by atoms with Crippen LogP contribution in [0.4, 0.5) is 5.69 Å². The van der Waals surface area contributed by atoms with Crippen LogP contribution in [0.25, 0.3) is 0 Å². The maximum Gasteiger partial charge on any atom is 0.239 e. The van der Waals surface area contributed by atoms with E-state index < -0.39 is 0 Å². The van der Waals surface area contributed by atoms with E-state index in [2.05, 4.69) is 24.1 Å². The van der Waals surface area contributed by atoms with Crippen molar-refractivity contribution in [2.45, 2.75) is 26.7 Å². The fourth-order valence-electron chi connectivity index (χ4n) is 1.55. The first-order chi connectivity index (χ1) is 9.61. The minimum absolute atomic E-state index is 0.00621. The molecule has 0 fully saturated rings. The zero-order chi connectivity index (χ0) is 14.8. The minimum Gasteiger partial charge on any atom is -0.489 e. The van der Waals surface area contributed by atoms with Crippen LogP contribution in [0.5, 0.6) is 5.75 Å². The molecular weight excluding hydrogens is 252 g/mol. The molecule has 1 rings (SSSR count). The number of amides is 1. The molecule has 0 unspecified atom stereocenters. The summed E-state index contributed by atoms with van der Waals surface area (Å²) in [4.78, 5) is 11.6. The third-order valence-electron chi connectivity index (χ3n) is 2.62. The molecule has 0 aromatic heterocycles. The number of anilines is 1. The molecule has 1 aromatic rings. The number of hydrogen-bond acceptors (Lipinski definition) is 3. The van der Waals surface area contributed by atoms with Crippen molar-refractivity contribution in [2.24, 2.45) is 0 Å². The molecule has 1 aromatic carbocycles. The van der Waals surface area contributed by atoms with Crippen LogP contribution in [-0.4, -0.2) is 25.6 Å². The minimum atomic E-state index is 0.00621. The Morgan fingerprint density at radius 1 is 1.40 bits per heavy atom. The average Bonchev–Trinajstić information content (AvgIpc) is 2.44. The van der Waals surface area contributed by atoms with E-state index in [-0.39, 0.29) is 12.5 Å². The van der Waals surface area contributed by atoms with Crippen molar-refractivity contribution in [1.29, 1.82) is 0 Å². The molecule has 0 heterocycles. The summed E-state index contributed by atoms with van der Waals surface area (Å²) >= 11 is 0. The Morgan fingerprint density at radius 2 is 2.20 bits per heavy atom. The van der Waals surface area contributed by atoms with Crippen LogP contribution in [0.15, 0.2) is 36.4 Å². The maximum atomic E-state index is 11.6. The molecule has 1 amide bonds. The van der Waals surface area contributed by atoms with Crippen LogP contribution >= 0.6 is 0 Å². The van der Waals surface area contributed by atoms with Gasteiger partial charge in [-0.05, 0) is 31.1 Å². The number of hydrogen-bond donors (Lipinski definition) is 2. The van der Waals surface area contributed by atoms with Gasteiger partial charge >= 0.3 is 0 Å². The molecule has 0 aliphatic heterocycles. The highest BCUT2D eigenvalue weighted by Crippen LogP contribution is 2.17. The van der Waals surface area contributed by atoms with Crippen LogP contribution in [0.2, 0.25) is 0 Å². The normalized spacial score (nSPS) is 9.90. The molecular formula is C16H24N2O2. The molecule has 0 saturated heterocycles. The third kappa shape index (κ3) is 6.83. The van der Waals surface area contributed by atoms with Gasteiger partial charge in [-0.1, -0.05) is 26.0 Å². The van der Waals surface area contributed by atoms with Crippen molar-refractivity contribution in [3.05, 3.63) is 36.4 Å². The smallest absolute Gasteiger partial charge is 0.239 e. The van der Waals surface area contributed by atoms with Crippen molar-refractivity contribution in [3.8, 4) is 5.75 Å². The summed E-state index contributed by atoms with van der Waals surface area (Å²) in [5, 5.41) is 5.95. The zero-order valence-electron chi connectivity index (χ0n) is 12.4. The van der Waals surface area contributed by atoms with E-state index in [1.54, 1.807) is 0 Å². The third-order valence-corrected chi connectivity index (χ3v) is 2.62.